The summed E-state index contributed by atoms with van der Waals surface area (Å²) in [4.78, 5) is 0. The molecule has 0 fully saturated rings. The fourth-order valence-corrected chi connectivity index (χ4v) is 1.17. The van der Waals surface area contributed by atoms with Gasteiger partial charge < -0.3 is 0 Å². The Bertz CT molecular complexity index is 233. The first-order chi connectivity index (χ1) is 4.74. The molecule has 0 N–H and O–H groups in total. The van der Waals surface area contributed by atoms with Gasteiger partial charge in [-0.15, -0.1) is 0 Å². The summed E-state index contributed by atoms with van der Waals surface area (Å²) < 4.78 is 13.7. The van der Waals surface area contributed by atoms with E-state index in [0.717, 1.165) is 15.6 Å². The maximum absolute atomic E-state index is 12.8. The summed E-state index contributed by atoms with van der Waals surface area (Å²) in [6, 6.07) is 6.14. The van der Waals surface area contributed by atoms with Gasteiger partial charge in [-0.05, 0) is 52.8 Å². The second kappa shape index (κ2) is 3.32. The Balaban J connectivity index is 3.07. The molecule has 1 rings (SSSR count). The molecule has 0 atom stereocenters. The minimum atomic E-state index is -0.120. The van der Waals surface area contributed by atoms with Crippen molar-refractivity contribution >= 4 is 22.6 Å². The molecule has 0 aliphatic carbocycles. The van der Waals surface area contributed by atoms with Crippen LogP contribution in [-0.4, -0.2) is 0 Å². The van der Waals surface area contributed by atoms with Gasteiger partial charge in [-0.25, -0.2) is 4.39 Å². The summed E-state index contributed by atoms with van der Waals surface area (Å²) in [6.45, 7) is 1.93. The quantitative estimate of drug-likeness (QED) is 0.671. The number of hydrogen-bond donors (Lipinski definition) is 0. The highest BCUT2D eigenvalue weighted by Gasteiger charge is 1.98. The van der Waals surface area contributed by atoms with Crippen LogP contribution in [0.5, 0.6) is 0 Å². The van der Waals surface area contributed by atoms with Crippen molar-refractivity contribution in [3.63, 3.8) is 0 Å². The minimum absolute atomic E-state index is 0.120. The first-order valence-electron chi connectivity index (χ1n) is 3.09. The average Bonchev–Trinajstić information content (AvgIpc) is 1.88. The molecule has 0 aliphatic rings. The summed E-state index contributed by atoms with van der Waals surface area (Å²) in [6.07, 6.45) is 0.735. The lowest BCUT2D eigenvalue weighted by atomic mass is 10.2. The molecule has 0 aliphatic heterocycles. The third-order valence-corrected chi connectivity index (χ3v) is 1.95. The fourth-order valence-electron chi connectivity index (χ4n) is 0.742. The van der Waals surface area contributed by atoms with Crippen LogP contribution in [0.4, 0.5) is 4.39 Å². The minimum Gasteiger partial charge on any atom is -0.207 e. The molecule has 1 aromatic rings. The SMILES string of the molecule is CCc1c[c]c(I)cc1F. The summed E-state index contributed by atoms with van der Waals surface area (Å²) in [5, 5.41) is 0. The molecule has 0 spiro atoms. The molecule has 1 aromatic carbocycles. The molecule has 0 aromatic heterocycles. The fraction of sp³-hybridized carbons (Fsp3) is 0.250. The number of rotatable bonds is 1. The molecule has 0 saturated heterocycles. The summed E-state index contributed by atoms with van der Waals surface area (Å²) in [7, 11) is 0. The Morgan fingerprint density at radius 1 is 1.70 bits per heavy atom. The molecule has 1 radical (unpaired) electrons. The van der Waals surface area contributed by atoms with Crippen LogP contribution in [0.2, 0.25) is 0 Å². The Labute approximate surface area is 73.6 Å². The van der Waals surface area contributed by atoms with Crippen molar-refractivity contribution in [2.75, 3.05) is 0 Å². The first-order valence-corrected chi connectivity index (χ1v) is 4.17. The topological polar surface area (TPSA) is 0 Å². The highest BCUT2D eigenvalue weighted by Crippen LogP contribution is 2.11. The summed E-state index contributed by atoms with van der Waals surface area (Å²) >= 11 is 2.04. The Hall–Kier alpha value is -0.120. The third kappa shape index (κ3) is 1.68. The van der Waals surface area contributed by atoms with Crippen LogP contribution in [0.3, 0.4) is 0 Å². The van der Waals surface area contributed by atoms with Crippen LogP contribution in [-0.2, 0) is 6.42 Å². The van der Waals surface area contributed by atoms with Crippen molar-refractivity contribution < 1.29 is 4.39 Å². The van der Waals surface area contributed by atoms with E-state index in [1.54, 1.807) is 6.07 Å². The Morgan fingerprint density at radius 2 is 2.40 bits per heavy atom. The van der Waals surface area contributed by atoms with Crippen LogP contribution < -0.4 is 0 Å². The molecule has 0 saturated carbocycles. The van der Waals surface area contributed by atoms with Gasteiger partial charge in [-0.1, -0.05) is 6.92 Å². The second-order valence-electron chi connectivity index (χ2n) is 2.01. The predicted octanol–water partition coefficient (Wildman–Crippen LogP) is 2.79. The van der Waals surface area contributed by atoms with Gasteiger partial charge in [0, 0.05) is 3.57 Å². The normalized spacial score (nSPS) is 9.90. The van der Waals surface area contributed by atoms with Crippen LogP contribution in [0, 0.1) is 15.5 Å². The van der Waals surface area contributed by atoms with Gasteiger partial charge in [0.15, 0.2) is 0 Å². The lowest BCUT2D eigenvalue weighted by molar-refractivity contribution is 0.611. The number of halogens is 2. The van der Waals surface area contributed by atoms with E-state index < -0.39 is 0 Å². The highest BCUT2D eigenvalue weighted by molar-refractivity contribution is 14.1. The Kier molecular flexibility index (Phi) is 2.65. The molecule has 2 heteroatoms. The average molecular weight is 249 g/mol. The number of aryl methyl sites for hydroxylation is 1. The molecule has 0 unspecified atom stereocenters. The van der Waals surface area contributed by atoms with Gasteiger partial charge >= 0.3 is 0 Å². The molecule has 0 amide bonds. The van der Waals surface area contributed by atoms with E-state index >= 15 is 0 Å². The molecular weight excluding hydrogens is 242 g/mol. The van der Waals surface area contributed by atoms with Crippen LogP contribution >= 0.6 is 22.6 Å². The lowest BCUT2D eigenvalue weighted by Gasteiger charge is -1.97. The second-order valence-corrected chi connectivity index (χ2v) is 3.17. The first kappa shape index (κ1) is 7.98. The summed E-state index contributed by atoms with van der Waals surface area (Å²) in [5.74, 6) is -0.120. The standard InChI is InChI=1S/C8H7FI/c1-2-6-3-4-7(10)5-8(6)9/h3,5H,2H2,1H3. The van der Waals surface area contributed by atoms with Crippen molar-refractivity contribution in [3.05, 3.63) is 33.1 Å². The van der Waals surface area contributed by atoms with Gasteiger partial charge in [0.05, 0.1) is 0 Å². The van der Waals surface area contributed by atoms with E-state index in [1.165, 1.54) is 6.07 Å². The summed E-state index contributed by atoms with van der Waals surface area (Å²) in [5.41, 5.74) is 0.736. The van der Waals surface area contributed by atoms with Crippen LogP contribution in [0.25, 0.3) is 0 Å². The van der Waals surface area contributed by atoms with E-state index in [2.05, 4.69) is 6.07 Å². The predicted molar refractivity (Wildman–Crippen MR) is 47.3 cm³/mol. The van der Waals surface area contributed by atoms with Gasteiger partial charge in [-0.3, -0.25) is 0 Å². The van der Waals surface area contributed by atoms with E-state index in [0.29, 0.717) is 0 Å². The van der Waals surface area contributed by atoms with Crippen LogP contribution in [0.1, 0.15) is 12.5 Å². The number of benzene rings is 1. The third-order valence-electron chi connectivity index (χ3n) is 1.33. The molecular formula is C8H7FI. The van der Waals surface area contributed by atoms with Crippen molar-refractivity contribution in [2.24, 2.45) is 0 Å². The molecule has 0 bridgehead atoms. The smallest absolute Gasteiger partial charge is 0.127 e. The monoisotopic (exact) mass is 249 g/mol. The highest BCUT2D eigenvalue weighted by atomic mass is 127. The van der Waals surface area contributed by atoms with Crippen molar-refractivity contribution in [1.82, 2.24) is 0 Å². The number of hydrogen-bond acceptors (Lipinski definition) is 0. The van der Waals surface area contributed by atoms with Gasteiger partial charge in [0.2, 0.25) is 0 Å². The Morgan fingerprint density at radius 3 is 2.90 bits per heavy atom. The van der Waals surface area contributed by atoms with E-state index in [9.17, 15) is 4.39 Å². The van der Waals surface area contributed by atoms with Crippen molar-refractivity contribution in [2.45, 2.75) is 13.3 Å². The zero-order chi connectivity index (χ0) is 7.56. The van der Waals surface area contributed by atoms with E-state index in [4.69, 9.17) is 0 Å². The van der Waals surface area contributed by atoms with E-state index in [1.807, 2.05) is 29.5 Å². The van der Waals surface area contributed by atoms with Crippen molar-refractivity contribution in [3.8, 4) is 0 Å². The molecule has 10 heavy (non-hydrogen) atoms. The lowest BCUT2D eigenvalue weighted by Crippen LogP contribution is -1.87. The molecule has 53 valence electrons. The van der Waals surface area contributed by atoms with Gasteiger partial charge in [0.1, 0.15) is 5.82 Å². The van der Waals surface area contributed by atoms with Crippen molar-refractivity contribution in [1.29, 1.82) is 0 Å². The maximum atomic E-state index is 12.8. The molecule has 0 heterocycles. The van der Waals surface area contributed by atoms with Gasteiger partial charge in [-0.2, -0.15) is 0 Å². The van der Waals surface area contributed by atoms with Crippen LogP contribution in [0.15, 0.2) is 12.1 Å². The van der Waals surface area contributed by atoms with E-state index in [-0.39, 0.29) is 5.82 Å². The maximum Gasteiger partial charge on any atom is 0.127 e. The molecule has 0 nitrogen and oxygen atoms in total. The largest absolute Gasteiger partial charge is 0.207 e. The zero-order valence-electron chi connectivity index (χ0n) is 5.62. The van der Waals surface area contributed by atoms with Gasteiger partial charge in [0.25, 0.3) is 0 Å². The zero-order valence-corrected chi connectivity index (χ0v) is 7.78.